The first-order valence-corrected chi connectivity index (χ1v) is 6.51. The molecule has 0 unspecified atom stereocenters. The van der Waals surface area contributed by atoms with Gasteiger partial charge in [0.05, 0.1) is 17.1 Å². The number of aromatic carboxylic acids is 1. The predicted octanol–water partition coefficient (Wildman–Crippen LogP) is 3.27. The van der Waals surface area contributed by atoms with E-state index in [9.17, 15) is 9.18 Å². The van der Waals surface area contributed by atoms with Crippen LogP contribution in [0, 0.1) is 5.82 Å². The van der Waals surface area contributed by atoms with Gasteiger partial charge in [0, 0.05) is 11.9 Å². The highest BCUT2D eigenvalue weighted by Gasteiger charge is 2.17. The lowest BCUT2D eigenvalue weighted by Gasteiger charge is -2.19. The molecule has 0 atom stereocenters. The molecule has 0 amide bonds. The van der Waals surface area contributed by atoms with Crippen LogP contribution in [-0.4, -0.2) is 23.1 Å². The maximum absolute atomic E-state index is 13.0. The molecule has 0 saturated carbocycles. The van der Waals surface area contributed by atoms with E-state index in [1.165, 1.54) is 11.3 Å². The number of aromatic nitrogens is 1. The smallest absolute Gasteiger partial charge is 0.339 e. The first kappa shape index (κ1) is 13.8. The number of nitrogens with zero attached hydrogens (tertiary/aromatic N) is 2. The number of halogens is 2. The summed E-state index contributed by atoms with van der Waals surface area (Å²) < 4.78 is 13.7. The normalized spacial score (nSPS) is 10.5. The zero-order valence-electron chi connectivity index (χ0n) is 9.93. The van der Waals surface area contributed by atoms with E-state index >= 15 is 0 Å². The lowest BCUT2D eigenvalue weighted by Crippen LogP contribution is -2.20. The van der Waals surface area contributed by atoms with Gasteiger partial charge in [-0.1, -0.05) is 11.6 Å². The Morgan fingerprint density at radius 3 is 2.89 bits per heavy atom. The van der Waals surface area contributed by atoms with E-state index in [0.29, 0.717) is 10.9 Å². The van der Waals surface area contributed by atoms with E-state index in [-0.39, 0.29) is 11.4 Å². The number of rotatable bonds is 4. The summed E-state index contributed by atoms with van der Waals surface area (Å²) in [5.74, 6) is -1.66. The third-order valence-electron chi connectivity index (χ3n) is 2.45. The van der Waals surface area contributed by atoms with Gasteiger partial charge in [-0.2, -0.15) is 0 Å². The molecule has 0 aliphatic rings. The van der Waals surface area contributed by atoms with E-state index in [1.54, 1.807) is 18.0 Å². The maximum Gasteiger partial charge on any atom is 0.339 e. The van der Waals surface area contributed by atoms with Crippen molar-refractivity contribution in [3.8, 4) is 0 Å². The van der Waals surface area contributed by atoms with Gasteiger partial charge in [-0.05, 0) is 18.2 Å². The quantitative estimate of drug-likeness (QED) is 0.941. The fourth-order valence-corrected chi connectivity index (χ4v) is 2.78. The molecular formula is C12H10ClFN2O2S. The SMILES string of the molecule is CN(Cc1ccc(Cl)s1)c1ncc(F)cc1C(=O)O. The van der Waals surface area contributed by atoms with Crippen LogP contribution in [0.1, 0.15) is 15.2 Å². The Kier molecular flexibility index (Phi) is 4.01. The average Bonchev–Trinajstić information content (AvgIpc) is 2.74. The number of pyridine rings is 1. The molecule has 100 valence electrons. The number of anilines is 1. The Morgan fingerprint density at radius 2 is 2.32 bits per heavy atom. The van der Waals surface area contributed by atoms with Gasteiger partial charge in [-0.15, -0.1) is 11.3 Å². The molecule has 0 aromatic carbocycles. The maximum atomic E-state index is 13.0. The van der Waals surface area contributed by atoms with E-state index in [0.717, 1.165) is 17.1 Å². The average molecular weight is 301 g/mol. The molecule has 0 bridgehead atoms. The largest absolute Gasteiger partial charge is 0.478 e. The Bertz CT molecular complexity index is 618. The van der Waals surface area contributed by atoms with Crippen LogP contribution in [0.5, 0.6) is 0 Å². The first-order chi connectivity index (χ1) is 8.97. The molecule has 1 N–H and O–H groups in total. The monoisotopic (exact) mass is 300 g/mol. The molecule has 0 spiro atoms. The van der Waals surface area contributed by atoms with Gasteiger partial charge in [0.25, 0.3) is 0 Å². The summed E-state index contributed by atoms with van der Waals surface area (Å²) in [5.41, 5.74) is -0.162. The number of carbonyl (C=O) groups is 1. The van der Waals surface area contributed by atoms with Crippen molar-refractivity contribution in [2.75, 3.05) is 11.9 Å². The lowest BCUT2D eigenvalue weighted by molar-refractivity contribution is 0.0696. The zero-order chi connectivity index (χ0) is 14.0. The van der Waals surface area contributed by atoms with E-state index in [1.807, 2.05) is 6.07 Å². The molecule has 7 heteroatoms. The summed E-state index contributed by atoms with van der Waals surface area (Å²) >= 11 is 7.24. The van der Waals surface area contributed by atoms with Crippen LogP contribution in [0.15, 0.2) is 24.4 Å². The minimum atomic E-state index is -1.21. The number of hydrogen-bond acceptors (Lipinski definition) is 4. The molecule has 0 aliphatic heterocycles. The summed E-state index contributed by atoms with van der Waals surface area (Å²) in [4.78, 5) is 17.5. The summed E-state index contributed by atoms with van der Waals surface area (Å²) in [6.45, 7) is 0.455. The standard InChI is InChI=1S/C12H10ClFN2O2S/c1-16(6-8-2-3-10(13)19-8)11-9(12(17)18)4-7(14)5-15-11/h2-5H,6H2,1H3,(H,17,18). The van der Waals surface area contributed by atoms with Crippen LogP contribution in [-0.2, 0) is 6.54 Å². The molecule has 4 nitrogen and oxygen atoms in total. The highest BCUT2D eigenvalue weighted by atomic mass is 35.5. The number of carboxylic acid groups (broad SMARTS) is 1. The molecule has 2 rings (SSSR count). The molecule has 2 aromatic heterocycles. The molecule has 0 saturated heterocycles. The van der Waals surface area contributed by atoms with Crippen LogP contribution in [0.25, 0.3) is 0 Å². The summed E-state index contributed by atoms with van der Waals surface area (Å²) in [6, 6.07) is 4.58. The van der Waals surface area contributed by atoms with Crippen LogP contribution in [0.3, 0.4) is 0 Å². The molecule has 0 radical (unpaired) electrons. The minimum absolute atomic E-state index is 0.162. The Labute approximate surface area is 118 Å². The van der Waals surface area contributed by atoms with Gasteiger partial charge in [-0.25, -0.2) is 14.2 Å². The minimum Gasteiger partial charge on any atom is -0.478 e. The van der Waals surface area contributed by atoms with Crippen molar-refractivity contribution in [2.45, 2.75) is 6.54 Å². The number of hydrogen-bond donors (Lipinski definition) is 1. The van der Waals surface area contributed by atoms with E-state index < -0.39 is 11.8 Å². The fraction of sp³-hybridized carbons (Fsp3) is 0.167. The van der Waals surface area contributed by atoms with Crippen molar-refractivity contribution >= 4 is 34.7 Å². The summed E-state index contributed by atoms with van der Waals surface area (Å²) in [5, 5.41) is 9.06. The first-order valence-electron chi connectivity index (χ1n) is 5.31. The van der Waals surface area contributed by atoms with Gasteiger partial charge in [0.15, 0.2) is 0 Å². The molecular weight excluding hydrogens is 291 g/mol. The predicted molar refractivity (Wildman–Crippen MR) is 72.6 cm³/mol. The second-order valence-corrected chi connectivity index (χ2v) is 5.69. The third kappa shape index (κ3) is 3.21. The topological polar surface area (TPSA) is 53.4 Å². The van der Waals surface area contributed by atoms with Gasteiger partial charge in [-0.3, -0.25) is 0 Å². The van der Waals surface area contributed by atoms with Crippen molar-refractivity contribution in [1.82, 2.24) is 4.98 Å². The highest BCUT2D eigenvalue weighted by Crippen LogP contribution is 2.25. The Balaban J connectivity index is 2.28. The van der Waals surface area contributed by atoms with Crippen molar-refractivity contribution < 1.29 is 14.3 Å². The van der Waals surface area contributed by atoms with Gasteiger partial charge in [0.1, 0.15) is 17.2 Å². The van der Waals surface area contributed by atoms with Gasteiger partial charge < -0.3 is 10.0 Å². The van der Waals surface area contributed by atoms with E-state index in [2.05, 4.69) is 4.98 Å². The Hall–Kier alpha value is -1.66. The second kappa shape index (κ2) is 5.54. The third-order valence-corrected chi connectivity index (χ3v) is 3.66. The number of thiophene rings is 1. The van der Waals surface area contributed by atoms with Gasteiger partial charge in [0.2, 0.25) is 0 Å². The van der Waals surface area contributed by atoms with Crippen molar-refractivity contribution in [1.29, 1.82) is 0 Å². The van der Waals surface area contributed by atoms with Crippen LogP contribution in [0.2, 0.25) is 4.34 Å². The van der Waals surface area contributed by atoms with Gasteiger partial charge >= 0.3 is 5.97 Å². The fourth-order valence-electron chi connectivity index (χ4n) is 1.64. The summed E-state index contributed by atoms with van der Waals surface area (Å²) in [7, 11) is 1.69. The molecule has 0 fully saturated rings. The number of carboxylic acids is 1. The Morgan fingerprint density at radius 1 is 1.58 bits per heavy atom. The van der Waals surface area contributed by atoms with Crippen LogP contribution >= 0.6 is 22.9 Å². The van der Waals surface area contributed by atoms with Crippen LogP contribution < -0.4 is 4.90 Å². The van der Waals surface area contributed by atoms with Crippen LogP contribution in [0.4, 0.5) is 10.2 Å². The zero-order valence-corrected chi connectivity index (χ0v) is 11.5. The molecule has 2 heterocycles. The van der Waals surface area contributed by atoms with Crippen molar-refractivity contribution in [2.24, 2.45) is 0 Å². The summed E-state index contributed by atoms with van der Waals surface area (Å²) in [6.07, 6.45) is 1.000. The lowest BCUT2D eigenvalue weighted by atomic mass is 10.2. The highest BCUT2D eigenvalue weighted by molar-refractivity contribution is 7.16. The van der Waals surface area contributed by atoms with E-state index in [4.69, 9.17) is 16.7 Å². The van der Waals surface area contributed by atoms with Crippen molar-refractivity contribution in [3.63, 3.8) is 0 Å². The molecule has 0 aliphatic carbocycles. The molecule has 19 heavy (non-hydrogen) atoms. The van der Waals surface area contributed by atoms with Crippen molar-refractivity contribution in [3.05, 3.63) is 45.0 Å². The second-order valence-electron chi connectivity index (χ2n) is 3.89. The molecule has 2 aromatic rings.